The molecule has 0 saturated heterocycles. The molecule has 2 rings (SSSR count). The first kappa shape index (κ1) is 10.7. The Bertz CT molecular complexity index is 522. The van der Waals surface area contributed by atoms with Gasteiger partial charge in [0.2, 0.25) is 0 Å². The van der Waals surface area contributed by atoms with Crippen molar-refractivity contribution in [1.82, 2.24) is 4.98 Å². The summed E-state index contributed by atoms with van der Waals surface area (Å²) in [7, 11) is 5.45. The highest BCUT2D eigenvalue weighted by atomic mass is 16.6. The molecule has 0 aliphatic heterocycles. The quantitative estimate of drug-likeness (QED) is 0.483. The second-order valence-electron chi connectivity index (χ2n) is 3.69. The van der Waals surface area contributed by atoms with Crippen LogP contribution in [0.15, 0.2) is 24.4 Å². The summed E-state index contributed by atoms with van der Waals surface area (Å²) in [6.45, 7) is 0. The number of non-ortho nitro benzene ring substituents is 1. The van der Waals surface area contributed by atoms with E-state index in [1.165, 1.54) is 6.07 Å². The van der Waals surface area contributed by atoms with Gasteiger partial charge in [0.15, 0.2) is 0 Å². The van der Waals surface area contributed by atoms with Gasteiger partial charge in [-0.1, -0.05) is 12.7 Å². The van der Waals surface area contributed by atoms with Crippen LogP contribution in [0.1, 0.15) is 12.0 Å². The van der Waals surface area contributed by atoms with E-state index in [9.17, 15) is 10.1 Å². The molecule has 1 aromatic carbocycles. The van der Waals surface area contributed by atoms with Crippen LogP contribution in [0.25, 0.3) is 10.9 Å². The van der Waals surface area contributed by atoms with Crippen LogP contribution in [-0.2, 0) is 6.42 Å². The second kappa shape index (κ2) is 4.39. The lowest BCUT2D eigenvalue weighted by molar-refractivity contribution is -0.384. The summed E-state index contributed by atoms with van der Waals surface area (Å²) in [5.41, 5.74) is 2.14. The molecule has 0 unspecified atom stereocenters. The number of benzene rings is 1. The highest BCUT2D eigenvalue weighted by Gasteiger charge is 2.09. The van der Waals surface area contributed by atoms with E-state index in [4.69, 9.17) is 7.85 Å². The van der Waals surface area contributed by atoms with Crippen LogP contribution >= 0.6 is 0 Å². The van der Waals surface area contributed by atoms with Gasteiger partial charge in [0.1, 0.15) is 0 Å². The normalized spacial score (nSPS) is 10.8. The monoisotopic (exact) mass is 214 g/mol. The van der Waals surface area contributed by atoms with E-state index in [2.05, 4.69) is 4.98 Å². The maximum atomic E-state index is 10.7. The highest BCUT2D eigenvalue weighted by Crippen LogP contribution is 2.24. The van der Waals surface area contributed by atoms with Gasteiger partial charge in [0.05, 0.1) is 12.8 Å². The number of aromatic nitrogens is 1. The predicted octanol–water partition coefficient (Wildman–Crippen LogP) is 2.60. The van der Waals surface area contributed by atoms with Gasteiger partial charge in [0.25, 0.3) is 5.69 Å². The number of aryl methyl sites for hydroxylation is 1. The van der Waals surface area contributed by atoms with Gasteiger partial charge in [0, 0.05) is 29.2 Å². The summed E-state index contributed by atoms with van der Waals surface area (Å²) < 4.78 is 0. The number of fused-ring (bicyclic) bond motifs is 1. The Kier molecular flexibility index (Phi) is 2.94. The fourth-order valence-electron chi connectivity index (χ4n) is 1.78. The molecule has 0 amide bonds. The molecule has 1 aromatic heterocycles. The van der Waals surface area contributed by atoms with Crippen molar-refractivity contribution in [1.29, 1.82) is 0 Å². The molecule has 0 aliphatic rings. The number of nitro groups is 1. The minimum absolute atomic E-state index is 0.126. The molecule has 1 heterocycles. The second-order valence-corrected chi connectivity index (χ2v) is 3.69. The molecular weight excluding hydrogens is 203 g/mol. The summed E-state index contributed by atoms with van der Waals surface area (Å²) in [6.07, 6.45) is 4.25. The smallest absolute Gasteiger partial charge is 0.270 e. The van der Waals surface area contributed by atoms with Crippen molar-refractivity contribution in [2.24, 2.45) is 0 Å². The van der Waals surface area contributed by atoms with Gasteiger partial charge in [-0.25, -0.2) is 0 Å². The first-order chi connectivity index (χ1) is 7.72. The molecule has 0 saturated carbocycles. The Morgan fingerprint density at radius 3 is 2.94 bits per heavy atom. The van der Waals surface area contributed by atoms with Crippen LogP contribution in [0, 0.1) is 10.1 Å². The lowest BCUT2D eigenvalue weighted by Gasteiger charge is -1.97. The molecular formula is C11H11BN2O2. The molecule has 5 heteroatoms. The summed E-state index contributed by atoms with van der Waals surface area (Å²) >= 11 is 0. The number of nitrogens with one attached hydrogen (secondary N) is 1. The average molecular weight is 214 g/mol. The molecule has 2 aromatic rings. The van der Waals surface area contributed by atoms with Crippen molar-refractivity contribution in [2.75, 3.05) is 0 Å². The third-order valence-electron chi connectivity index (χ3n) is 2.61. The van der Waals surface area contributed by atoms with Gasteiger partial charge < -0.3 is 4.98 Å². The van der Waals surface area contributed by atoms with E-state index < -0.39 is 0 Å². The van der Waals surface area contributed by atoms with Gasteiger partial charge in [-0.2, -0.15) is 0 Å². The number of hydrogen-bond acceptors (Lipinski definition) is 2. The molecule has 0 aliphatic carbocycles. The van der Waals surface area contributed by atoms with Crippen molar-refractivity contribution in [2.45, 2.75) is 19.2 Å². The summed E-state index contributed by atoms with van der Waals surface area (Å²) in [6, 6.07) is 4.85. The minimum Gasteiger partial charge on any atom is -0.361 e. The molecule has 2 radical (unpaired) electrons. The molecule has 80 valence electrons. The summed E-state index contributed by atoms with van der Waals surface area (Å²) in [5, 5.41) is 11.6. The van der Waals surface area contributed by atoms with E-state index >= 15 is 0 Å². The third kappa shape index (κ3) is 1.93. The lowest BCUT2D eigenvalue weighted by atomic mass is 9.97. The van der Waals surface area contributed by atoms with Gasteiger partial charge in [-0.15, -0.1) is 0 Å². The Balaban J connectivity index is 2.43. The zero-order chi connectivity index (χ0) is 11.5. The summed E-state index contributed by atoms with van der Waals surface area (Å²) in [5.74, 6) is 0. The van der Waals surface area contributed by atoms with E-state index in [-0.39, 0.29) is 10.6 Å². The number of aromatic amines is 1. The Labute approximate surface area is 94.2 Å². The maximum Gasteiger partial charge on any atom is 0.270 e. The van der Waals surface area contributed by atoms with Crippen LogP contribution in [-0.4, -0.2) is 17.8 Å². The van der Waals surface area contributed by atoms with Crippen LogP contribution in [0.2, 0.25) is 6.32 Å². The van der Waals surface area contributed by atoms with E-state index in [0.29, 0.717) is 6.32 Å². The number of hydrogen-bond donors (Lipinski definition) is 1. The average Bonchev–Trinajstić information content (AvgIpc) is 2.68. The van der Waals surface area contributed by atoms with Gasteiger partial charge in [-0.3, -0.25) is 10.1 Å². The van der Waals surface area contributed by atoms with Crippen LogP contribution in [0.4, 0.5) is 5.69 Å². The molecule has 4 nitrogen and oxygen atoms in total. The van der Waals surface area contributed by atoms with Crippen molar-refractivity contribution >= 4 is 24.4 Å². The molecule has 1 N–H and O–H groups in total. The molecule has 0 atom stereocenters. The molecule has 16 heavy (non-hydrogen) atoms. The van der Waals surface area contributed by atoms with Crippen LogP contribution in [0.5, 0.6) is 0 Å². The zero-order valence-electron chi connectivity index (χ0n) is 8.77. The van der Waals surface area contributed by atoms with Crippen LogP contribution < -0.4 is 0 Å². The van der Waals surface area contributed by atoms with Crippen molar-refractivity contribution < 1.29 is 4.92 Å². The molecule has 0 spiro atoms. The standard InChI is InChI=1S/C11H11BN2O2/c12-5-1-2-8-7-13-11-4-3-9(14(15)16)6-10(8)11/h3-4,6-7,13H,1-2,5H2. The number of H-pyrrole nitrogens is 1. The minimum atomic E-state index is -0.376. The predicted molar refractivity (Wildman–Crippen MR) is 63.8 cm³/mol. The third-order valence-corrected chi connectivity index (χ3v) is 2.61. The Morgan fingerprint density at radius 1 is 1.44 bits per heavy atom. The Hall–Kier alpha value is -1.78. The van der Waals surface area contributed by atoms with E-state index in [0.717, 1.165) is 29.3 Å². The number of rotatable bonds is 4. The first-order valence-corrected chi connectivity index (χ1v) is 5.17. The fraction of sp³-hybridized carbons (Fsp3) is 0.273. The highest BCUT2D eigenvalue weighted by molar-refractivity contribution is 6.08. The molecule has 0 fully saturated rings. The Morgan fingerprint density at radius 2 is 2.25 bits per heavy atom. The molecule has 0 bridgehead atoms. The maximum absolute atomic E-state index is 10.7. The topological polar surface area (TPSA) is 58.9 Å². The fourth-order valence-corrected chi connectivity index (χ4v) is 1.78. The van der Waals surface area contributed by atoms with Gasteiger partial charge in [-0.05, 0) is 18.1 Å². The zero-order valence-corrected chi connectivity index (χ0v) is 8.77. The van der Waals surface area contributed by atoms with Crippen LogP contribution in [0.3, 0.4) is 0 Å². The summed E-state index contributed by atoms with van der Waals surface area (Å²) in [4.78, 5) is 13.4. The largest absolute Gasteiger partial charge is 0.361 e. The first-order valence-electron chi connectivity index (χ1n) is 5.17. The van der Waals surface area contributed by atoms with Gasteiger partial charge >= 0.3 is 0 Å². The number of nitrogens with zero attached hydrogens (tertiary/aromatic N) is 1. The number of nitro benzene ring substituents is 1. The lowest BCUT2D eigenvalue weighted by Crippen LogP contribution is -1.88. The van der Waals surface area contributed by atoms with Crippen molar-refractivity contribution in [3.05, 3.63) is 40.1 Å². The van der Waals surface area contributed by atoms with E-state index in [1.54, 1.807) is 12.1 Å². The SMILES string of the molecule is [B]CCCc1c[nH]c2ccc([N+](=O)[O-])cc12. The van der Waals surface area contributed by atoms with Crippen molar-refractivity contribution in [3.8, 4) is 0 Å². The van der Waals surface area contributed by atoms with E-state index in [1.807, 2.05) is 6.20 Å². The van der Waals surface area contributed by atoms with Crippen molar-refractivity contribution in [3.63, 3.8) is 0 Å².